The lowest BCUT2D eigenvalue weighted by atomic mass is 9.88. The summed E-state index contributed by atoms with van der Waals surface area (Å²) < 4.78 is 12.9. The normalized spacial score (nSPS) is 14.2. The summed E-state index contributed by atoms with van der Waals surface area (Å²) in [5.74, 6) is -0.470. The monoisotopic (exact) mass is 245 g/mol. The van der Waals surface area contributed by atoms with E-state index in [2.05, 4.69) is 0 Å². The molecule has 0 bridgehead atoms. The first-order chi connectivity index (χ1) is 8.72. The van der Waals surface area contributed by atoms with E-state index in [9.17, 15) is 9.50 Å². The van der Waals surface area contributed by atoms with Crippen LogP contribution in [0.1, 0.15) is 23.1 Å². The lowest BCUT2D eigenvalue weighted by Crippen LogP contribution is -2.22. The minimum absolute atomic E-state index is 0.0391. The highest BCUT2D eigenvalue weighted by Gasteiger charge is 2.20. The van der Waals surface area contributed by atoms with Crippen LogP contribution < -0.4 is 5.73 Å². The highest BCUT2D eigenvalue weighted by atomic mass is 19.1. The van der Waals surface area contributed by atoms with Crippen molar-refractivity contribution in [3.63, 3.8) is 0 Å². The molecular formula is C15H16FNO. The molecule has 0 spiro atoms. The zero-order valence-corrected chi connectivity index (χ0v) is 9.96. The molecule has 0 saturated heterocycles. The van der Waals surface area contributed by atoms with Crippen LogP contribution in [0.15, 0.2) is 54.6 Å². The standard InChI is InChI=1S/C15H16FNO/c16-13-8-6-12(7-9-13)15(17)14(10-18)11-4-2-1-3-5-11/h1-9,14-15,18H,10,17H2. The van der Waals surface area contributed by atoms with Gasteiger partial charge in [0.1, 0.15) is 5.82 Å². The Hall–Kier alpha value is -1.71. The van der Waals surface area contributed by atoms with Crippen molar-refractivity contribution < 1.29 is 9.50 Å². The average Bonchev–Trinajstić information content (AvgIpc) is 2.41. The highest BCUT2D eigenvalue weighted by molar-refractivity contribution is 5.28. The Kier molecular flexibility index (Phi) is 4.07. The van der Waals surface area contributed by atoms with E-state index in [0.717, 1.165) is 11.1 Å². The molecule has 0 saturated carbocycles. The summed E-state index contributed by atoms with van der Waals surface area (Å²) in [6, 6.07) is 15.3. The first kappa shape index (κ1) is 12.7. The van der Waals surface area contributed by atoms with Crippen molar-refractivity contribution >= 4 is 0 Å². The first-order valence-corrected chi connectivity index (χ1v) is 5.89. The van der Waals surface area contributed by atoms with Gasteiger partial charge in [-0.25, -0.2) is 4.39 Å². The summed E-state index contributed by atoms with van der Waals surface area (Å²) in [6.07, 6.45) is 0. The van der Waals surface area contributed by atoms with Gasteiger partial charge in [-0.3, -0.25) is 0 Å². The van der Waals surface area contributed by atoms with Crippen LogP contribution in [-0.2, 0) is 0 Å². The van der Waals surface area contributed by atoms with Crippen molar-refractivity contribution in [2.75, 3.05) is 6.61 Å². The Morgan fingerprint density at radius 3 is 2.11 bits per heavy atom. The molecule has 94 valence electrons. The van der Waals surface area contributed by atoms with Crippen molar-refractivity contribution in [2.45, 2.75) is 12.0 Å². The smallest absolute Gasteiger partial charge is 0.123 e. The van der Waals surface area contributed by atoms with E-state index in [4.69, 9.17) is 5.73 Å². The molecule has 2 aromatic rings. The quantitative estimate of drug-likeness (QED) is 0.869. The minimum atomic E-state index is -0.349. The molecule has 2 atom stereocenters. The molecule has 0 aliphatic heterocycles. The molecule has 0 aliphatic carbocycles. The Balaban J connectivity index is 2.25. The Labute approximate surface area is 106 Å². The largest absolute Gasteiger partial charge is 0.396 e. The Morgan fingerprint density at radius 2 is 1.56 bits per heavy atom. The second-order valence-electron chi connectivity index (χ2n) is 4.28. The number of benzene rings is 2. The third-order valence-corrected chi connectivity index (χ3v) is 3.11. The number of nitrogens with two attached hydrogens (primary N) is 1. The highest BCUT2D eigenvalue weighted by Crippen LogP contribution is 2.28. The van der Waals surface area contributed by atoms with Gasteiger partial charge in [-0.15, -0.1) is 0 Å². The fourth-order valence-corrected chi connectivity index (χ4v) is 2.04. The van der Waals surface area contributed by atoms with Gasteiger partial charge >= 0.3 is 0 Å². The molecule has 0 radical (unpaired) electrons. The molecule has 0 amide bonds. The first-order valence-electron chi connectivity index (χ1n) is 5.89. The van der Waals surface area contributed by atoms with Gasteiger partial charge in [0, 0.05) is 12.0 Å². The van der Waals surface area contributed by atoms with Crippen LogP contribution in [0.3, 0.4) is 0 Å². The summed E-state index contributed by atoms with van der Waals surface area (Å²) in [5.41, 5.74) is 7.95. The van der Waals surface area contributed by atoms with Crippen LogP contribution in [0.25, 0.3) is 0 Å². The average molecular weight is 245 g/mol. The molecule has 3 N–H and O–H groups in total. The molecule has 2 unspecified atom stereocenters. The summed E-state index contributed by atoms with van der Waals surface area (Å²) in [7, 11) is 0. The van der Waals surface area contributed by atoms with Gasteiger partial charge in [-0.05, 0) is 23.3 Å². The fraction of sp³-hybridized carbons (Fsp3) is 0.200. The SMILES string of the molecule is NC(c1ccc(F)cc1)C(CO)c1ccccc1. The maximum atomic E-state index is 12.9. The number of rotatable bonds is 4. The lowest BCUT2D eigenvalue weighted by molar-refractivity contribution is 0.248. The molecule has 0 heterocycles. The molecule has 2 aromatic carbocycles. The maximum absolute atomic E-state index is 12.9. The van der Waals surface area contributed by atoms with Crippen molar-refractivity contribution in [1.82, 2.24) is 0 Å². The molecule has 0 aliphatic rings. The third-order valence-electron chi connectivity index (χ3n) is 3.11. The topological polar surface area (TPSA) is 46.2 Å². The van der Waals surface area contributed by atoms with Crippen molar-refractivity contribution in [3.05, 3.63) is 71.5 Å². The zero-order valence-electron chi connectivity index (χ0n) is 9.96. The molecule has 2 nitrogen and oxygen atoms in total. The zero-order chi connectivity index (χ0) is 13.0. The van der Waals surface area contributed by atoms with Gasteiger partial charge in [0.2, 0.25) is 0 Å². The third kappa shape index (κ3) is 2.75. The van der Waals surface area contributed by atoms with E-state index in [0.29, 0.717) is 0 Å². The Bertz CT molecular complexity index is 484. The van der Waals surface area contributed by atoms with Crippen LogP contribution in [0.4, 0.5) is 4.39 Å². The summed E-state index contributed by atoms with van der Waals surface area (Å²) in [4.78, 5) is 0. The van der Waals surface area contributed by atoms with Crippen molar-refractivity contribution in [2.24, 2.45) is 5.73 Å². The number of aliphatic hydroxyl groups excluding tert-OH is 1. The molecule has 0 fully saturated rings. The maximum Gasteiger partial charge on any atom is 0.123 e. The second-order valence-corrected chi connectivity index (χ2v) is 4.28. The van der Waals surface area contributed by atoms with Gasteiger partial charge in [0.05, 0.1) is 6.61 Å². The number of aliphatic hydroxyl groups is 1. The summed E-state index contributed by atoms with van der Waals surface area (Å²) >= 11 is 0. The molecular weight excluding hydrogens is 229 g/mol. The van der Waals surface area contributed by atoms with E-state index >= 15 is 0 Å². The fourth-order valence-electron chi connectivity index (χ4n) is 2.04. The van der Waals surface area contributed by atoms with Gasteiger partial charge in [0.15, 0.2) is 0 Å². The van der Waals surface area contributed by atoms with Crippen LogP contribution in [-0.4, -0.2) is 11.7 Å². The van der Waals surface area contributed by atoms with Crippen LogP contribution in [0.5, 0.6) is 0 Å². The summed E-state index contributed by atoms with van der Waals surface area (Å²) in [6.45, 7) is -0.0391. The molecule has 3 heteroatoms. The van der Waals surface area contributed by atoms with E-state index in [-0.39, 0.29) is 24.4 Å². The predicted molar refractivity (Wildman–Crippen MR) is 69.6 cm³/mol. The van der Waals surface area contributed by atoms with Gasteiger partial charge in [0.25, 0.3) is 0 Å². The van der Waals surface area contributed by atoms with Gasteiger partial charge in [-0.2, -0.15) is 0 Å². The number of halogens is 1. The van der Waals surface area contributed by atoms with E-state index in [1.54, 1.807) is 12.1 Å². The van der Waals surface area contributed by atoms with Crippen LogP contribution in [0, 0.1) is 5.82 Å². The van der Waals surface area contributed by atoms with Crippen LogP contribution >= 0.6 is 0 Å². The Morgan fingerprint density at radius 1 is 0.944 bits per heavy atom. The lowest BCUT2D eigenvalue weighted by Gasteiger charge is -2.22. The van der Waals surface area contributed by atoms with Crippen molar-refractivity contribution in [3.8, 4) is 0 Å². The molecule has 2 rings (SSSR count). The summed E-state index contributed by atoms with van der Waals surface area (Å²) in [5, 5.41) is 9.51. The van der Waals surface area contributed by atoms with Gasteiger partial charge < -0.3 is 10.8 Å². The molecule has 0 aromatic heterocycles. The van der Waals surface area contributed by atoms with E-state index in [1.807, 2.05) is 30.3 Å². The minimum Gasteiger partial charge on any atom is -0.396 e. The number of hydrogen-bond donors (Lipinski definition) is 2. The second kappa shape index (κ2) is 5.76. The number of hydrogen-bond acceptors (Lipinski definition) is 2. The van der Waals surface area contributed by atoms with E-state index < -0.39 is 0 Å². The van der Waals surface area contributed by atoms with Gasteiger partial charge in [-0.1, -0.05) is 42.5 Å². The molecule has 18 heavy (non-hydrogen) atoms. The van der Waals surface area contributed by atoms with E-state index in [1.165, 1.54) is 12.1 Å². The van der Waals surface area contributed by atoms with Crippen LogP contribution in [0.2, 0.25) is 0 Å². The van der Waals surface area contributed by atoms with Crippen molar-refractivity contribution in [1.29, 1.82) is 0 Å². The predicted octanol–water partition coefficient (Wildman–Crippen LogP) is 2.60.